The second-order valence-electron chi connectivity index (χ2n) is 11.2. The summed E-state index contributed by atoms with van der Waals surface area (Å²) < 4.78 is 70.4. The summed E-state index contributed by atoms with van der Waals surface area (Å²) >= 11 is 0. The molecule has 46 heavy (non-hydrogen) atoms. The lowest BCUT2D eigenvalue weighted by Gasteiger charge is -2.25. The molecule has 0 saturated heterocycles. The molecular weight excluding hydrogens is 606 g/mol. The van der Waals surface area contributed by atoms with E-state index in [0.717, 1.165) is 12.1 Å². The van der Waals surface area contributed by atoms with Gasteiger partial charge in [-0.15, -0.1) is 0 Å². The van der Waals surface area contributed by atoms with E-state index in [4.69, 9.17) is 14.2 Å². The average Bonchev–Trinajstić information content (AvgIpc) is 2.99. The Labute approximate surface area is 263 Å². The van der Waals surface area contributed by atoms with Gasteiger partial charge in [0, 0.05) is 23.0 Å². The van der Waals surface area contributed by atoms with E-state index in [2.05, 4.69) is 16.0 Å². The first-order valence-corrected chi connectivity index (χ1v) is 14.0. The van der Waals surface area contributed by atoms with Gasteiger partial charge < -0.3 is 30.2 Å². The Morgan fingerprint density at radius 1 is 0.696 bits per heavy atom. The van der Waals surface area contributed by atoms with Crippen LogP contribution in [0.15, 0.2) is 84.9 Å². The number of amides is 3. The van der Waals surface area contributed by atoms with Gasteiger partial charge in [0.15, 0.2) is 11.5 Å². The molecule has 3 amide bonds. The molecule has 0 fully saturated rings. The third-order valence-corrected chi connectivity index (χ3v) is 6.57. The van der Waals surface area contributed by atoms with Crippen LogP contribution >= 0.6 is 0 Å². The Hall–Kier alpha value is -5.26. The Kier molecular flexibility index (Phi) is 10.1. The monoisotopic (exact) mass is 639 g/mol. The fourth-order valence-electron chi connectivity index (χ4n) is 4.44. The van der Waals surface area contributed by atoms with Gasteiger partial charge in [-0.25, -0.2) is 9.18 Å². The number of benzene rings is 4. The van der Waals surface area contributed by atoms with Gasteiger partial charge in [-0.1, -0.05) is 24.3 Å². The summed E-state index contributed by atoms with van der Waals surface area (Å²) in [6, 6.07) is 18.3. The molecule has 1 atom stereocenters. The summed E-state index contributed by atoms with van der Waals surface area (Å²) in [7, 11) is 2.96. The van der Waals surface area contributed by atoms with Crippen molar-refractivity contribution < 1.29 is 41.4 Å². The van der Waals surface area contributed by atoms with Gasteiger partial charge in [0.05, 0.1) is 25.3 Å². The molecule has 4 rings (SSSR count). The minimum absolute atomic E-state index is 0.0397. The van der Waals surface area contributed by atoms with E-state index in [1.165, 1.54) is 68.8 Å². The van der Waals surface area contributed by atoms with Gasteiger partial charge >= 0.3 is 12.2 Å². The van der Waals surface area contributed by atoms with Crippen molar-refractivity contribution in [1.82, 2.24) is 5.32 Å². The highest BCUT2D eigenvalue weighted by atomic mass is 19.4. The molecule has 0 heterocycles. The molecule has 0 bridgehead atoms. The highest BCUT2D eigenvalue weighted by Crippen LogP contribution is 2.35. The Balaban J connectivity index is 1.68. The fraction of sp³-hybridized carbons (Fsp3) is 0.235. The van der Waals surface area contributed by atoms with Gasteiger partial charge in [-0.05, 0) is 86.5 Å². The van der Waals surface area contributed by atoms with Crippen LogP contribution in [-0.2, 0) is 6.18 Å². The number of anilines is 2. The number of hydrogen-bond donors (Lipinski definition) is 3. The molecule has 1 unspecified atom stereocenters. The van der Waals surface area contributed by atoms with E-state index in [1.54, 1.807) is 39.0 Å². The summed E-state index contributed by atoms with van der Waals surface area (Å²) in [5.41, 5.74) is -0.0271. The van der Waals surface area contributed by atoms with Crippen LogP contribution in [0.1, 0.15) is 53.9 Å². The number of alkyl halides is 3. The Morgan fingerprint density at radius 3 is 1.74 bits per heavy atom. The molecule has 8 nitrogen and oxygen atoms in total. The highest BCUT2D eigenvalue weighted by molar-refractivity contribution is 6.02. The summed E-state index contributed by atoms with van der Waals surface area (Å²) in [6.45, 7) is 5.36. The van der Waals surface area contributed by atoms with Gasteiger partial charge in [-0.3, -0.25) is 4.79 Å². The molecule has 3 N–H and O–H groups in total. The third-order valence-electron chi connectivity index (χ3n) is 6.57. The normalized spacial score (nSPS) is 12.1. The molecule has 0 aliphatic heterocycles. The molecule has 0 saturated carbocycles. The van der Waals surface area contributed by atoms with E-state index in [-0.39, 0.29) is 17.0 Å². The first-order valence-electron chi connectivity index (χ1n) is 14.0. The summed E-state index contributed by atoms with van der Waals surface area (Å²) in [6.07, 6.45) is -5.56. The van der Waals surface area contributed by atoms with Crippen LogP contribution in [0.4, 0.5) is 33.7 Å². The zero-order valence-electron chi connectivity index (χ0n) is 25.7. The molecule has 0 radical (unpaired) electrons. The summed E-state index contributed by atoms with van der Waals surface area (Å²) in [4.78, 5) is 26.3. The number of halogens is 4. The van der Waals surface area contributed by atoms with E-state index in [1.807, 2.05) is 0 Å². The SMILES string of the molecule is COc1ccc(NC(=O)Nc2ccc(OC(c3ccc(F)cc3)c3ccc(C(F)(F)F)cc3)c(C(=O)NC(C)(C)C)c2)cc1OC. The van der Waals surface area contributed by atoms with E-state index < -0.39 is 41.1 Å². The van der Waals surface area contributed by atoms with Crippen molar-refractivity contribution in [3.63, 3.8) is 0 Å². The van der Waals surface area contributed by atoms with Gasteiger partial charge in [0.25, 0.3) is 5.91 Å². The lowest BCUT2D eigenvalue weighted by atomic mass is 9.99. The van der Waals surface area contributed by atoms with E-state index >= 15 is 0 Å². The van der Waals surface area contributed by atoms with Crippen LogP contribution in [-0.4, -0.2) is 31.7 Å². The number of urea groups is 1. The van der Waals surface area contributed by atoms with Crippen LogP contribution in [0.5, 0.6) is 17.2 Å². The van der Waals surface area contributed by atoms with Crippen molar-refractivity contribution in [2.45, 2.75) is 38.6 Å². The smallest absolute Gasteiger partial charge is 0.416 e. The molecular formula is C34H33F4N3O5. The zero-order valence-corrected chi connectivity index (χ0v) is 25.7. The number of rotatable bonds is 9. The van der Waals surface area contributed by atoms with Gasteiger partial charge in [0.2, 0.25) is 0 Å². The number of carbonyl (C=O) groups is 2. The van der Waals surface area contributed by atoms with Crippen LogP contribution in [0.3, 0.4) is 0 Å². The molecule has 242 valence electrons. The summed E-state index contributed by atoms with van der Waals surface area (Å²) in [5, 5.41) is 8.22. The van der Waals surface area contributed by atoms with Crippen molar-refractivity contribution >= 4 is 23.3 Å². The maximum Gasteiger partial charge on any atom is 0.416 e. The third kappa shape index (κ3) is 8.68. The van der Waals surface area contributed by atoms with Crippen molar-refractivity contribution in [3.8, 4) is 17.2 Å². The van der Waals surface area contributed by atoms with E-state index in [0.29, 0.717) is 28.3 Å². The van der Waals surface area contributed by atoms with Crippen LogP contribution in [0, 0.1) is 5.82 Å². The molecule has 0 aliphatic rings. The largest absolute Gasteiger partial charge is 0.493 e. The van der Waals surface area contributed by atoms with Crippen LogP contribution in [0.2, 0.25) is 0 Å². The number of nitrogens with one attached hydrogen (secondary N) is 3. The standard InChI is InChI=1S/C34H33F4N3O5/c1-33(2,3)41-31(42)26-18-24(39-32(43)40-25-15-17-28(44-4)29(19-25)45-5)14-16-27(26)46-30(21-8-12-23(35)13-9-21)20-6-10-22(11-7-20)34(36,37)38/h6-19,30H,1-5H3,(H,41,42)(H2,39,40,43). The molecule has 4 aromatic carbocycles. The van der Waals surface area contributed by atoms with Crippen LogP contribution in [0.25, 0.3) is 0 Å². The maximum absolute atomic E-state index is 13.8. The molecule has 0 aliphatic carbocycles. The van der Waals surface area contributed by atoms with Gasteiger partial charge in [-0.2, -0.15) is 13.2 Å². The van der Waals surface area contributed by atoms with Crippen molar-refractivity contribution in [3.05, 3.63) is 113 Å². The molecule has 12 heteroatoms. The Bertz CT molecular complexity index is 1690. The lowest BCUT2D eigenvalue weighted by molar-refractivity contribution is -0.137. The minimum Gasteiger partial charge on any atom is -0.493 e. The minimum atomic E-state index is -4.54. The number of carbonyl (C=O) groups excluding carboxylic acids is 2. The first kappa shape index (κ1) is 33.6. The Morgan fingerprint density at radius 2 is 1.22 bits per heavy atom. The van der Waals surface area contributed by atoms with Crippen LogP contribution < -0.4 is 30.2 Å². The van der Waals surface area contributed by atoms with E-state index in [9.17, 15) is 27.2 Å². The predicted octanol–water partition coefficient (Wildman–Crippen LogP) is 8.20. The second-order valence-corrected chi connectivity index (χ2v) is 11.2. The second kappa shape index (κ2) is 13.8. The number of hydrogen-bond acceptors (Lipinski definition) is 5. The average molecular weight is 640 g/mol. The highest BCUT2D eigenvalue weighted by Gasteiger charge is 2.31. The number of ether oxygens (including phenoxy) is 3. The van der Waals surface area contributed by atoms with Gasteiger partial charge in [0.1, 0.15) is 17.7 Å². The maximum atomic E-state index is 13.8. The lowest BCUT2D eigenvalue weighted by Crippen LogP contribution is -2.40. The summed E-state index contributed by atoms with van der Waals surface area (Å²) in [5.74, 6) is -0.0824. The molecule has 4 aromatic rings. The zero-order chi connectivity index (χ0) is 33.6. The molecule has 0 aromatic heterocycles. The predicted molar refractivity (Wildman–Crippen MR) is 166 cm³/mol. The molecule has 0 spiro atoms. The number of methoxy groups -OCH3 is 2. The fourth-order valence-corrected chi connectivity index (χ4v) is 4.44. The van der Waals surface area contributed by atoms with Crippen molar-refractivity contribution in [1.29, 1.82) is 0 Å². The quantitative estimate of drug-likeness (QED) is 0.161. The van der Waals surface area contributed by atoms with Crippen molar-refractivity contribution in [2.24, 2.45) is 0 Å². The first-order chi connectivity index (χ1) is 21.7. The van der Waals surface area contributed by atoms with Crippen molar-refractivity contribution in [2.75, 3.05) is 24.9 Å². The topological polar surface area (TPSA) is 97.9 Å².